The van der Waals surface area contributed by atoms with E-state index in [9.17, 15) is 26.4 Å². The summed E-state index contributed by atoms with van der Waals surface area (Å²) in [5, 5.41) is 1.67. The van der Waals surface area contributed by atoms with Gasteiger partial charge in [0.05, 0.1) is 10.5 Å². The second-order valence-electron chi connectivity index (χ2n) is 7.06. The van der Waals surface area contributed by atoms with Gasteiger partial charge in [-0.25, -0.2) is 13.1 Å². The lowest BCUT2D eigenvalue weighted by Gasteiger charge is -2.20. The number of hydrogen-bond acceptors (Lipinski definition) is 3. The Morgan fingerprint density at radius 1 is 0.968 bits per heavy atom. The monoisotopic (exact) mass is 450 g/mol. The van der Waals surface area contributed by atoms with Gasteiger partial charge in [-0.15, -0.1) is 0 Å². The van der Waals surface area contributed by atoms with Crippen LogP contribution in [0.25, 0.3) is 10.8 Å². The Bertz CT molecular complexity index is 1190. The number of fused-ring (bicyclic) bond motifs is 1. The van der Waals surface area contributed by atoms with E-state index in [1.807, 2.05) is 12.1 Å². The van der Waals surface area contributed by atoms with Crippen LogP contribution in [0.3, 0.4) is 0 Å². The first kappa shape index (κ1) is 22.8. The molecule has 0 aliphatic rings. The van der Waals surface area contributed by atoms with Crippen LogP contribution in [0.1, 0.15) is 17.5 Å². The van der Waals surface area contributed by atoms with Crippen LogP contribution in [0, 0.1) is 0 Å². The smallest absolute Gasteiger partial charge is 0.341 e. The van der Waals surface area contributed by atoms with Crippen molar-refractivity contribution in [2.24, 2.45) is 0 Å². The molecule has 0 aliphatic carbocycles. The van der Waals surface area contributed by atoms with Crippen LogP contribution in [0.15, 0.2) is 71.6 Å². The number of amides is 1. The third kappa shape index (κ3) is 5.62. The largest absolute Gasteiger partial charge is 0.416 e. The van der Waals surface area contributed by atoms with E-state index in [-0.39, 0.29) is 30.0 Å². The zero-order valence-corrected chi connectivity index (χ0v) is 17.5. The highest BCUT2D eigenvalue weighted by Crippen LogP contribution is 2.32. The lowest BCUT2D eigenvalue weighted by atomic mass is 10.1. The molecule has 0 saturated carbocycles. The molecule has 0 heterocycles. The van der Waals surface area contributed by atoms with E-state index in [0.29, 0.717) is 0 Å². The molecule has 9 heteroatoms. The summed E-state index contributed by atoms with van der Waals surface area (Å²) in [7, 11) is -2.45. The van der Waals surface area contributed by atoms with Crippen LogP contribution < -0.4 is 4.72 Å². The summed E-state index contributed by atoms with van der Waals surface area (Å²) in [6.07, 6.45) is -4.70. The highest BCUT2D eigenvalue weighted by atomic mass is 32.2. The van der Waals surface area contributed by atoms with E-state index in [4.69, 9.17) is 0 Å². The van der Waals surface area contributed by atoms with Crippen LogP contribution in [0.4, 0.5) is 13.2 Å². The van der Waals surface area contributed by atoms with Crippen LogP contribution >= 0.6 is 0 Å². The Morgan fingerprint density at radius 2 is 1.61 bits per heavy atom. The van der Waals surface area contributed by atoms with Crippen LogP contribution in [0.5, 0.6) is 0 Å². The van der Waals surface area contributed by atoms with Crippen LogP contribution in [-0.2, 0) is 27.5 Å². The summed E-state index contributed by atoms with van der Waals surface area (Å²) >= 11 is 0. The van der Waals surface area contributed by atoms with Crippen molar-refractivity contribution in [1.29, 1.82) is 0 Å². The molecule has 0 atom stereocenters. The Morgan fingerprint density at radius 3 is 2.32 bits per heavy atom. The normalized spacial score (nSPS) is 12.1. The van der Waals surface area contributed by atoms with Gasteiger partial charge in [-0.2, -0.15) is 13.2 Å². The molecule has 0 unspecified atom stereocenters. The maximum absolute atomic E-state index is 13.1. The van der Waals surface area contributed by atoms with Crippen molar-refractivity contribution in [3.8, 4) is 0 Å². The van der Waals surface area contributed by atoms with Gasteiger partial charge in [0, 0.05) is 26.6 Å². The number of carbonyl (C=O) groups excluding carboxylic acids is 1. The third-order valence-electron chi connectivity index (χ3n) is 4.82. The zero-order valence-electron chi connectivity index (χ0n) is 16.7. The maximum Gasteiger partial charge on any atom is 0.416 e. The topological polar surface area (TPSA) is 66.5 Å². The van der Waals surface area contributed by atoms with Crippen molar-refractivity contribution in [3.05, 3.63) is 77.9 Å². The molecular weight excluding hydrogens is 429 g/mol. The number of halogens is 3. The predicted octanol–water partition coefficient (Wildman–Crippen LogP) is 4.19. The minimum atomic E-state index is -4.52. The van der Waals surface area contributed by atoms with Gasteiger partial charge in [0.15, 0.2) is 0 Å². The SMILES string of the molecule is CN(Cc1ccccc1C(F)(F)F)C(=O)CCNS(=O)(=O)c1ccc2ccccc2c1. The molecule has 3 aromatic rings. The molecule has 0 radical (unpaired) electrons. The highest BCUT2D eigenvalue weighted by Gasteiger charge is 2.33. The third-order valence-corrected chi connectivity index (χ3v) is 6.28. The van der Waals surface area contributed by atoms with Gasteiger partial charge in [0.2, 0.25) is 15.9 Å². The van der Waals surface area contributed by atoms with Crippen molar-refractivity contribution in [2.75, 3.05) is 13.6 Å². The Labute approximate surface area is 178 Å². The van der Waals surface area contributed by atoms with Crippen LogP contribution in [-0.4, -0.2) is 32.8 Å². The van der Waals surface area contributed by atoms with Gasteiger partial charge >= 0.3 is 6.18 Å². The van der Waals surface area contributed by atoms with E-state index in [0.717, 1.165) is 21.7 Å². The van der Waals surface area contributed by atoms with Gasteiger partial charge in [-0.05, 0) is 34.5 Å². The van der Waals surface area contributed by atoms with Crippen molar-refractivity contribution in [2.45, 2.75) is 24.0 Å². The molecule has 0 fully saturated rings. The Balaban J connectivity index is 1.60. The number of hydrogen-bond donors (Lipinski definition) is 1. The average molecular weight is 450 g/mol. The molecule has 0 bridgehead atoms. The quantitative estimate of drug-likeness (QED) is 0.587. The molecular formula is C22H21F3N2O3S. The van der Waals surface area contributed by atoms with E-state index >= 15 is 0 Å². The van der Waals surface area contributed by atoms with E-state index in [1.165, 1.54) is 31.3 Å². The van der Waals surface area contributed by atoms with Gasteiger partial charge in [0.1, 0.15) is 0 Å². The number of sulfonamides is 1. The van der Waals surface area contributed by atoms with Crippen molar-refractivity contribution in [3.63, 3.8) is 0 Å². The fourth-order valence-electron chi connectivity index (χ4n) is 3.18. The number of carbonyl (C=O) groups is 1. The van der Waals surface area contributed by atoms with Crippen LogP contribution in [0.2, 0.25) is 0 Å². The van der Waals surface area contributed by atoms with E-state index in [1.54, 1.807) is 24.3 Å². The molecule has 5 nitrogen and oxygen atoms in total. The Hall–Kier alpha value is -2.91. The first-order chi connectivity index (χ1) is 14.6. The average Bonchev–Trinajstić information content (AvgIpc) is 2.72. The van der Waals surface area contributed by atoms with Gasteiger partial charge < -0.3 is 4.90 Å². The first-order valence-electron chi connectivity index (χ1n) is 9.45. The lowest BCUT2D eigenvalue weighted by molar-refractivity contribution is -0.139. The number of benzene rings is 3. The second kappa shape index (κ2) is 9.07. The Kier molecular flexibility index (Phi) is 6.66. The summed E-state index contributed by atoms with van der Waals surface area (Å²) in [6, 6.07) is 17.1. The van der Waals surface area contributed by atoms with Crippen molar-refractivity contribution < 1.29 is 26.4 Å². The minimum Gasteiger partial charge on any atom is -0.341 e. The fourth-order valence-corrected chi connectivity index (χ4v) is 4.25. The molecule has 164 valence electrons. The zero-order chi connectivity index (χ0) is 22.6. The van der Waals surface area contributed by atoms with Gasteiger partial charge in [0.25, 0.3) is 0 Å². The van der Waals surface area contributed by atoms with E-state index in [2.05, 4.69) is 4.72 Å². The molecule has 3 aromatic carbocycles. The number of nitrogens with zero attached hydrogens (tertiary/aromatic N) is 1. The molecule has 0 saturated heterocycles. The summed E-state index contributed by atoms with van der Waals surface area (Å²) in [5.41, 5.74) is -0.825. The minimum absolute atomic E-state index is 0.0254. The lowest BCUT2D eigenvalue weighted by Crippen LogP contribution is -2.32. The second-order valence-corrected chi connectivity index (χ2v) is 8.83. The first-order valence-corrected chi connectivity index (χ1v) is 10.9. The van der Waals surface area contributed by atoms with E-state index < -0.39 is 27.7 Å². The molecule has 0 spiro atoms. The highest BCUT2D eigenvalue weighted by molar-refractivity contribution is 7.89. The molecule has 3 rings (SSSR count). The van der Waals surface area contributed by atoms with Crippen molar-refractivity contribution in [1.82, 2.24) is 9.62 Å². The van der Waals surface area contributed by atoms with Crippen molar-refractivity contribution >= 4 is 26.7 Å². The maximum atomic E-state index is 13.1. The summed E-state index contributed by atoms with van der Waals surface area (Å²) in [6.45, 7) is -0.398. The molecule has 0 aliphatic heterocycles. The number of rotatable bonds is 7. The van der Waals surface area contributed by atoms with Gasteiger partial charge in [-0.3, -0.25) is 4.79 Å². The standard InChI is InChI=1S/C22H21F3N2O3S/c1-27(15-18-8-4-5-9-20(18)22(23,24)25)21(28)12-13-26-31(29,30)19-11-10-16-6-2-3-7-17(16)14-19/h2-11,14,26H,12-13,15H2,1H3. The molecule has 31 heavy (non-hydrogen) atoms. The number of alkyl halides is 3. The molecule has 0 aromatic heterocycles. The summed E-state index contributed by atoms with van der Waals surface area (Å²) in [5.74, 6) is -0.474. The molecule has 1 N–H and O–H groups in total. The van der Waals surface area contributed by atoms with Gasteiger partial charge in [-0.1, -0.05) is 48.5 Å². The summed E-state index contributed by atoms with van der Waals surface area (Å²) < 4.78 is 66.7. The fraction of sp³-hybridized carbons (Fsp3) is 0.227. The summed E-state index contributed by atoms with van der Waals surface area (Å²) in [4.78, 5) is 13.5. The number of nitrogens with one attached hydrogen (secondary N) is 1. The molecule has 1 amide bonds. The predicted molar refractivity (Wildman–Crippen MR) is 112 cm³/mol.